The molecule has 1 aromatic rings. The molecule has 1 saturated heterocycles. The van der Waals surface area contributed by atoms with Crippen molar-refractivity contribution < 1.29 is 0 Å². The summed E-state index contributed by atoms with van der Waals surface area (Å²) in [5.74, 6) is 1.59. The first-order valence-corrected chi connectivity index (χ1v) is 5.80. The van der Waals surface area contributed by atoms with Crippen molar-refractivity contribution >= 4 is 23.3 Å². The van der Waals surface area contributed by atoms with Crippen molar-refractivity contribution in [2.75, 3.05) is 17.2 Å². The summed E-state index contributed by atoms with van der Waals surface area (Å²) in [4.78, 5) is 0. The highest BCUT2D eigenvalue weighted by molar-refractivity contribution is 8.00. The predicted octanol–water partition coefficient (Wildman–Crippen LogP) is 1.08. The molecule has 0 spiro atoms. The fourth-order valence-corrected chi connectivity index (χ4v) is 2.89. The lowest BCUT2D eigenvalue weighted by Crippen LogP contribution is -2.07. The van der Waals surface area contributed by atoms with E-state index in [4.69, 9.17) is 11.5 Å². The van der Waals surface area contributed by atoms with Crippen LogP contribution in [0.25, 0.3) is 0 Å². The molecule has 1 aromatic heterocycles. The monoisotopic (exact) mass is 210 g/mol. The maximum Gasteiger partial charge on any atom is 0.169 e. The van der Waals surface area contributed by atoms with Gasteiger partial charge in [0.1, 0.15) is 0 Å². The molecular formula is C9H14N4S. The lowest BCUT2D eigenvalue weighted by Gasteiger charge is -2.07. The molecule has 1 aliphatic heterocycles. The van der Waals surface area contributed by atoms with Crippen LogP contribution < -0.4 is 11.5 Å². The van der Waals surface area contributed by atoms with Crippen molar-refractivity contribution in [3.05, 3.63) is 11.8 Å². The highest BCUT2D eigenvalue weighted by Crippen LogP contribution is 2.28. The van der Waals surface area contributed by atoms with Gasteiger partial charge in [0.2, 0.25) is 0 Å². The van der Waals surface area contributed by atoms with Crippen LogP contribution in [0.1, 0.15) is 18.5 Å². The predicted molar refractivity (Wildman–Crippen MR) is 60.0 cm³/mol. The van der Waals surface area contributed by atoms with Crippen molar-refractivity contribution in [1.29, 1.82) is 0 Å². The second-order valence-electron chi connectivity index (χ2n) is 3.52. The number of nitrogens with zero attached hydrogens (tertiary/aromatic N) is 2. The molecule has 0 radical (unpaired) electrons. The largest absolute Gasteiger partial charge is 0.396 e. The summed E-state index contributed by atoms with van der Waals surface area (Å²) in [5.41, 5.74) is 12.6. The van der Waals surface area contributed by atoms with E-state index >= 15 is 0 Å². The molecule has 0 aromatic carbocycles. The molecule has 5 heteroatoms. The number of aromatic nitrogens is 2. The van der Waals surface area contributed by atoms with Gasteiger partial charge in [0.25, 0.3) is 0 Å². The Labute approximate surface area is 87.5 Å². The minimum Gasteiger partial charge on any atom is -0.396 e. The lowest BCUT2D eigenvalue weighted by molar-refractivity contribution is 0.753. The van der Waals surface area contributed by atoms with Crippen molar-refractivity contribution in [2.45, 2.75) is 24.5 Å². The topological polar surface area (TPSA) is 77.8 Å². The Kier molecular flexibility index (Phi) is 2.77. The van der Waals surface area contributed by atoms with Gasteiger partial charge in [0.05, 0.1) is 11.4 Å². The first-order valence-electron chi connectivity index (χ1n) is 4.75. The summed E-state index contributed by atoms with van der Waals surface area (Å²) in [7, 11) is 0. The van der Waals surface area contributed by atoms with Crippen LogP contribution in [0.4, 0.5) is 11.5 Å². The first kappa shape index (κ1) is 9.58. The van der Waals surface area contributed by atoms with Gasteiger partial charge < -0.3 is 11.5 Å². The van der Waals surface area contributed by atoms with Crippen molar-refractivity contribution in [3.63, 3.8) is 0 Å². The van der Waals surface area contributed by atoms with Gasteiger partial charge >= 0.3 is 0 Å². The summed E-state index contributed by atoms with van der Waals surface area (Å²) in [5, 5.41) is 8.54. The molecular weight excluding hydrogens is 196 g/mol. The smallest absolute Gasteiger partial charge is 0.169 e. The second kappa shape index (κ2) is 4.04. The Morgan fingerprint density at radius 3 is 2.93 bits per heavy atom. The fraction of sp³-hybridized carbons (Fsp3) is 0.556. The van der Waals surface area contributed by atoms with Crippen LogP contribution in [0.2, 0.25) is 0 Å². The maximum atomic E-state index is 5.66. The number of rotatable bonds is 2. The zero-order chi connectivity index (χ0) is 9.97. The Balaban J connectivity index is 2.05. The normalized spacial score (nSPS) is 21.3. The van der Waals surface area contributed by atoms with E-state index in [0.717, 1.165) is 12.1 Å². The third-order valence-corrected chi connectivity index (χ3v) is 3.76. The molecule has 1 unspecified atom stereocenters. The number of hydrogen-bond donors (Lipinski definition) is 2. The van der Waals surface area contributed by atoms with Gasteiger partial charge in [0, 0.05) is 11.7 Å². The van der Waals surface area contributed by atoms with Crippen molar-refractivity contribution in [2.24, 2.45) is 0 Å². The maximum absolute atomic E-state index is 5.66. The molecule has 2 heterocycles. The van der Waals surface area contributed by atoms with Crippen LogP contribution in [-0.2, 0) is 6.42 Å². The van der Waals surface area contributed by atoms with Crippen molar-refractivity contribution in [1.82, 2.24) is 10.2 Å². The lowest BCUT2D eigenvalue weighted by atomic mass is 10.1. The van der Waals surface area contributed by atoms with E-state index in [0.29, 0.717) is 16.8 Å². The molecule has 14 heavy (non-hydrogen) atoms. The highest BCUT2D eigenvalue weighted by Gasteiger charge is 2.17. The van der Waals surface area contributed by atoms with E-state index in [1.54, 1.807) is 0 Å². The number of hydrogen-bond acceptors (Lipinski definition) is 5. The molecule has 76 valence electrons. The molecule has 0 amide bonds. The zero-order valence-corrected chi connectivity index (χ0v) is 8.76. The van der Waals surface area contributed by atoms with Gasteiger partial charge in [-0.1, -0.05) is 0 Å². The van der Waals surface area contributed by atoms with E-state index in [2.05, 4.69) is 10.2 Å². The van der Waals surface area contributed by atoms with E-state index in [1.165, 1.54) is 18.6 Å². The van der Waals surface area contributed by atoms with E-state index in [1.807, 2.05) is 17.8 Å². The fourth-order valence-electron chi connectivity index (χ4n) is 1.60. The minimum atomic E-state index is 0.327. The van der Waals surface area contributed by atoms with Crippen LogP contribution in [0.3, 0.4) is 0 Å². The molecule has 2 rings (SSSR count). The van der Waals surface area contributed by atoms with Crippen LogP contribution in [0.15, 0.2) is 6.07 Å². The Hall–Kier alpha value is -0.970. The average molecular weight is 210 g/mol. The van der Waals surface area contributed by atoms with Gasteiger partial charge in [-0.25, -0.2) is 0 Å². The standard InChI is InChI=1S/C9H14N4S/c10-8-5-6(12-13-9(8)11)4-7-2-1-3-14-7/h5,7H,1-4H2,(H2,10,12)(H2,11,13). The van der Waals surface area contributed by atoms with Gasteiger partial charge in [-0.15, -0.1) is 5.10 Å². The summed E-state index contributed by atoms with van der Waals surface area (Å²) >= 11 is 2.01. The van der Waals surface area contributed by atoms with Gasteiger partial charge in [-0.2, -0.15) is 16.9 Å². The minimum absolute atomic E-state index is 0.327. The number of anilines is 2. The number of nitrogens with two attached hydrogens (primary N) is 2. The van der Waals surface area contributed by atoms with Crippen molar-refractivity contribution in [3.8, 4) is 0 Å². The summed E-state index contributed by atoms with van der Waals surface area (Å²) < 4.78 is 0. The average Bonchev–Trinajstić information content (AvgIpc) is 2.64. The van der Waals surface area contributed by atoms with Crippen LogP contribution >= 0.6 is 11.8 Å². The summed E-state index contributed by atoms with van der Waals surface area (Å²) in [6.07, 6.45) is 3.55. The molecule has 1 atom stereocenters. The molecule has 4 N–H and O–H groups in total. The first-order chi connectivity index (χ1) is 6.75. The Morgan fingerprint density at radius 1 is 1.43 bits per heavy atom. The molecule has 1 fully saturated rings. The third-order valence-electron chi connectivity index (χ3n) is 2.36. The summed E-state index contributed by atoms with van der Waals surface area (Å²) in [6.45, 7) is 0. The molecule has 0 aliphatic carbocycles. The molecule has 0 saturated carbocycles. The Morgan fingerprint density at radius 2 is 2.29 bits per heavy atom. The van der Waals surface area contributed by atoms with Gasteiger partial charge in [-0.05, 0) is 24.7 Å². The van der Waals surface area contributed by atoms with Crippen LogP contribution in [-0.4, -0.2) is 21.2 Å². The van der Waals surface area contributed by atoms with Crippen LogP contribution in [0, 0.1) is 0 Å². The highest BCUT2D eigenvalue weighted by atomic mass is 32.2. The molecule has 0 bridgehead atoms. The Bertz CT molecular complexity index is 323. The summed E-state index contributed by atoms with van der Waals surface area (Å²) in [6, 6.07) is 1.83. The van der Waals surface area contributed by atoms with Gasteiger partial charge in [-0.3, -0.25) is 0 Å². The molecule has 4 nitrogen and oxygen atoms in total. The van der Waals surface area contributed by atoms with E-state index in [9.17, 15) is 0 Å². The van der Waals surface area contributed by atoms with E-state index in [-0.39, 0.29) is 0 Å². The molecule has 1 aliphatic rings. The third kappa shape index (κ3) is 2.09. The van der Waals surface area contributed by atoms with E-state index < -0.39 is 0 Å². The van der Waals surface area contributed by atoms with Crippen LogP contribution in [0.5, 0.6) is 0 Å². The number of thioether (sulfide) groups is 1. The number of nitrogen functional groups attached to an aromatic ring is 2. The quantitative estimate of drug-likeness (QED) is 0.763. The second-order valence-corrected chi connectivity index (χ2v) is 4.92. The SMILES string of the molecule is Nc1cc(CC2CCCS2)nnc1N. The zero-order valence-electron chi connectivity index (χ0n) is 7.94. The van der Waals surface area contributed by atoms with Gasteiger partial charge in [0.15, 0.2) is 5.82 Å².